The number of ketones is 1. The lowest BCUT2D eigenvalue weighted by Crippen LogP contribution is -2.57. The van der Waals surface area contributed by atoms with E-state index in [1.54, 1.807) is 29.2 Å². The predicted octanol–water partition coefficient (Wildman–Crippen LogP) is 3.10. The molecule has 30 heavy (non-hydrogen) atoms. The zero-order valence-electron chi connectivity index (χ0n) is 18.2. The summed E-state index contributed by atoms with van der Waals surface area (Å²) in [6.07, 6.45) is 0. The molecule has 1 atom stereocenters. The lowest BCUT2D eigenvalue weighted by molar-refractivity contribution is 0.0862. The summed E-state index contributed by atoms with van der Waals surface area (Å²) < 4.78 is 0. The predicted molar refractivity (Wildman–Crippen MR) is 120 cm³/mol. The highest BCUT2D eigenvalue weighted by Crippen LogP contribution is 2.24. The van der Waals surface area contributed by atoms with Crippen molar-refractivity contribution >= 4 is 23.3 Å². The number of aromatic nitrogens is 1. The third-order valence-corrected chi connectivity index (χ3v) is 5.36. The topological polar surface area (TPSA) is 91.6 Å². The van der Waals surface area contributed by atoms with Crippen LogP contribution in [0, 0.1) is 12.3 Å². The van der Waals surface area contributed by atoms with Crippen molar-refractivity contribution in [2.45, 2.75) is 33.7 Å². The van der Waals surface area contributed by atoms with E-state index in [9.17, 15) is 9.59 Å². The molecule has 0 radical (unpaired) electrons. The molecule has 3 N–H and O–H groups in total. The number of Topliss-reactive ketones (excluding diaryl/α,β-unsaturated/α-hetero) is 1. The molecule has 1 aromatic carbocycles. The summed E-state index contributed by atoms with van der Waals surface area (Å²) in [5.41, 5.74) is 7.42. The van der Waals surface area contributed by atoms with Gasteiger partial charge >= 0.3 is 6.03 Å². The van der Waals surface area contributed by atoms with Crippen LogP contribution in [0.5, 0.6) is 0 Å². The van der Waals surface area contributed by atoms with Gasteiger partial charge in [0.05, 0.1) is 6.04 Å². The van der Waals surface area contributed by atoms with Crippen LogP contribution >= 0.6 is 0 Å². The number of aryl methyl sites for hydroxylation is 1. The zero-order chi connectivity index (χ0) is 21.9. The summed E-state index contributed by atoms with van der Waals surface area (Å²) in [5.74, 6) is 0.819. The van der Waals surface area contributed by atoms with Gasteiger partial charge in [0.15, 0.2) is 5.78 Å². The largest absolute Gasteiger partial charge is 0.399 e. The third-order valence-electron chi connectivity index (χ3n) is 5.36. The number of piperazine rings is 1. The highest BCUT2D eigenvalue weighted by Gasteiger charge is 2.35. The first-order valence-corrected chi connectivity index (χ1v) is 10.3. The van der Waals surface area contributed by atoms with Crippen molar-refractivity contribution in [3.05, 3.63) is 53.7 Å². The lowest BCUT2D eigenvalue weighted by Gasteiger charge is -2.37. The van der Waals surface area contributed by atoms with Crippen LogP contribution < -0.4 is 16.0 Å². The Balaban J connectivity index is 1.65. The molecule has 2 aromatic rings. The second-order valence-electron chi connectivity index (χ2n) is 8.85. The minimum Gasteiger partial charge on any atom is -0.399 e. The van der Waals surface area contributed by atoms with Gasteiger partial charge in [-0.25, -0.2) is 9.78 Å². The van der Waals surface area contributed by atoms with E-state index < -0.39 is 11.5 Å². The molecule has 0 saturated carbocycles. The Morgan fingerprint density at radius 3 is 2.23 bits per heavy atom. The van der Waals surface area contributed by atoms with E-state index in [-0.39, 0.29) is 11.8 Å². The van der Waals surface area contributed by atoms with Crippen LogP contribution in [0.2, 0.25) is 0 Å². The first kappa shape index (κ1) is 21.6. The first-order valence-electron chi connectivity index (χ1n) is 10.3. The summed E-state index contributed by atoms with van der Waals surface area (Å²) in [6.45, 7) is 10.4. The number of pyridine rings is 1. The third kappa shape index (κ3) is 5.09. The maximum atomic E-state index is 13.1. The van der Waals surface area contributed by atoms with Gasteiger partial charge in [-0.2, -0.15) is 0 Å². The van der Waals surface area contributed by atoms with E-state index in [2.05, 4.69) is 15.2 Å². The number of hydrogen-bond donors (Lipinski definition) is 2. The highest BCUT2D eigenvalue weighted by atomic mass is 16.2. The van der Waals surface area contributed by atoms with E-state index in [1.165, 1.54) is 0 Å². The van der Waals surface area contributed by atoms with Crippen molar-refractivity contribution in [1.82, 2.24) is 15.2 Å². The zero-order valence-corrected chi connectivity index (χ0v) is 18.2. The molecule has 0 unspecified atom stereocenters. The standard InChI is InChI=1S/C23H31N5O2/c1-16-6-5-7-19(25-16)27-12-14-28(15-13-27)22(30)26-21(23(2,3)4)20(29)17-8-10-18(24)11-9-17/h5-11,21H,12-15,24H2,1-4H3,(H,26,30)/t21-/m0/s1. The number of nitrogens with one attached hydrogen (secondary N) is 1. The Kier molecular flexibility index (Phi) is 6.29. The van der Waals surface area contributed by atoms with Crippen LogP contribution in [0.1, 0.15) is 36.8 Å². The molecule has 7 nitrogen and oxygen atoms in total. The molecular formula is C23H31N5O2. The van der Waals surface area contributed by atoms with E-state index in [4.69, 9.17) is 5.73 Å². The van der Waals surface area contributed by atoms with Crippen LogP contribution in [0.3, 0.4) is 0 Å². The molecule has 160 valence electrons. The average Bonchev–Trinajstić information content (AvgIpc) is 2.71. The summed E-state index contributed by atoms with van der Waals surface area (Å²) >= 11 is 0. The van der Waals surface area contributed by atoms with Gasteiger partial charge in [0.25, 0.3) is 0 Å². The molecule has 7 heteroatoms. The fourth-order valence-electron chi connectivity index (χ4n) is 3.55. The van der Waals surface area contributed by atoms with Gasteiger partial charge in [-0.3, -0.25) is 4.79 Å². The van der Waals surface area contributed by atoms with Crippen molar-refractivity contribution in [1.29, 1.82) is 0 Å². The Morgan fingerprint density at radius 2 is 1.67 bits per heavy atom. The monoisotopic (exact) mass is 409 g/mol. The van der Waals surface area contributed by atoms with E-state index in [0.717, 1.165) is 11.5 Å². The number of rotatable bonds is 4. The summed E-state index contributed by atoms with van der Waals surface area (Å²) in [4.78, 5) is 34.6. The SMILES string of the molecule is Cc1cccc(N2CCN(C(=O)N[C@@H](C(=O)c3ccc(N)cc3)C(C)(C)C)CC2)n1. The molecule has 2 amide bonds. The minimum absolute atomic E-state index is 0.113. The number of benzene rings is 1. The quantitative estimate of drug-likeness (QED) is 0.598. The molecule has 1 saturated heterocycles. The van der Waals surface area contributed by atoms with Crippen LogP contribution in [-0.2, 0) is 0 Å². The first-order chi connectivity index (χ1) is 14.1. The summed E-state index contributed by atoms with van der Waals surface area (Å²) in [6, 6.07) is 11.9. The Morgan fingerprint density at radius 1 is 1.03 bits per heavy atom. The van der Waals surface area contributed by atoms with Crippen molar-refractivity contribution in [2.24, 2.45) is 5.41 Å². The minimum atomic E-state index is -0.634. The Labute approximate surface area is 178 Å². The number of hydrogen-bond acceptors (Lipinski definition) is 5. The lowest BCUT2D eigenvalue weighted by atomic mass is 9.82. The summed E-state index contributed by atoms with van der Waals surface area (Å²) in [7, 11) is 0. The molecule has 1 aliphatic rings. The van der Waals surface area contributed by atoms with Crippen molar-refractivity contribution in [2.75, 3.05) is 36.8 Å². The maximum Gasteiger partial charge on any atom is 0.318 e. The number of nitrogen functional groups attached to an aromatic ring is 1. The van der Waals surface area contributed by atoms with E-state index >= 15 is 0 Å². The van der Waals surface area contributed by atoms with E-state index in [1.807, 2.05) is 45.9 Å². The Bertz CT molecular complexity index is 897. The molecule has 0 spiro atoms. The summed E-state index contributed by atoms with van der Waals surface area (Å²) in [5, 5.41) is 2.98. The maximum absolute atomic E-state index is 13.1. The number of urea groups is 1. The number of nitrogens with two attached hydrogens (primary N) is 1. The van der Waals surface area contributed by atoms with Crippen LogP contribution in [0.4, 0.5) is 16.3 Å². The smallest absolute Gasteiger partial charge is 0.318 e. The molecule has 0 aliphatic carbocycles. The Hall–Kier alpha value is -3.09. The van der Waals surface area contributed by atoms with Gasteiger partial charge in [0, 0.05) is 43.1 Å². The number of amides is 2. The van der Waals surface area contributed by atoms with Gasteiger partial charge in [-0.15, -0.1) is 0 Å². The second kappa shape index (κ2) is 8.73. The van der Waals surface area contributed by atoms with Crippen molar-refractivity contribution in [3.63, 3.8) is 0 Å². The van der Waals surface area contributed by atoms with Crippen LogP contribution in [-0.4, -0.2) is 53.9 Å². The number of anilines is 2. The van der Waals surface area contributed by atoms with Gasteiger partial charge in [0.2, 0.25) is 0 Å². The van der Waals surface area contributed by atoms with Crippen LogP contribution in [0.25, 0.3) is 0 Å². The second-order valence-corrected chi connectivity index (χ2v) is 8.85. The van der Waals surface area contributed by atoms with Gasteiger partial charge in [-0.05, 0) is 48.7 Å². The molecule has 3 rings (SSSR count). The molecule has 0 bridgehead atoms. The number of nitrogens with zero attached hydrogens (tertiary/aromatic N) is 3. The number of carbonyl (C=O) groups is 2. The van der Waals surface area contributed by atoms with Crippen LogP contribution in [0.15, 0.2) is 42.5 Å². The molecule has 1 aromatic heterocycles. The molecule has 1 aliphatic heterocycles. The molecule has 1 fully saturated rings. The van der Waals surface area contributed by atoms with Crippen molar-refractivity contribution in [3.8, 4) is 0 Å². The molecule has 2 heterocycles. The fourth-order valence-corrected chi connectivity index (χ4v) is 3.55. The molecular weight excluding hydrogens is 378 g/mol. The van der Waals surface area contributed by atoms with E-state index in [0.29, 0.717) is 37.4 Å². The highest BCUT2D eigenvalue weighted by molar-refractivity contribution is 6.02. The number of carbonyl (C=O) groups excluding carboxylic acids is 2. The van der Waals surface area contributed by atoms with Gasteiger partial charge in [0.1, 0.15) is 5.82 Å². The normalized spacial score (nSPS) is 15.6. The van der Waals surface area contributed by atoms with Crippen molar-refractivity contribution < 1.29 is 9.59 Å². The average molecular weight is 410 g/mol. The van der Waals surface area contributed by atoms with Gasteiger partial charge in [-0.1, -0.05) is 26.8 Å². The fraction of sp³-hybridized carbons (Fsp3) is 0.435. The van der Waals surface area contributed by atoms with Gasteiger partial charge < -0.3 is 20.9 Å².